The van der Waals surface area contributed by atoms with Crippen molar-refractivity contribution in [2.24, 2.45) is 12.8 Å². The van der Waals surface area contributed by atoms with Gasteiger partial charge in [0.2, 0.25) is 5.91 Å². The summed E-state index contributed by atoms with van der Waals surface area (Å²) < 4.78 is 4.09. The van der Waals surface area contributed by atoms with Crippen LogP contribution in [0, 0.1) is 5.41 Å². The van der Waals surface area contributed by atoms with Crippen molar-refractivity contribution in [1.82, 2.24) is 19.3 Å². The lowest BCUT2D eigenvalue weighted by Gasteiger charge is -2.10. The molecule has 5 N–H and O–H groups in total. The van der Waals surface area contributed by atoms with Crippen LogP contribution in [0.3, 0.4) is 0 Å². The summed E-state index contributed by atoms with van der Waals surface area (Å²) in [6.07, 6.45) is 3.49. The first-order valence-electron chi connectivity index (χ1n) is 10.5. The fourth-order valence-corrected chi connectivity index (χ4v) is 5.23. The van der Waals surface area contributed by atoms with Crippen LogP contribution in [0.15, 0.2) is 53.5 Å². The molecule has 170 valence electrons. The number of carbonyl (C=O) groups is 1. The number of amides is 1. The maximum absolute atomic E-state index is 13.3. The number of nitrogens with two attached hydrogens (primary N) is 2. The molecule has 0 saturated heterocycles. The molecule has 0 fully saturated rings. The summed E-state index contributed by atoms with van der Waals surface area (Å²) in [5.74, 6) is -0.457. The summed E-state index contributed by atoms with van der Waals surface area (Å²) >= 11 is 1.52. The van der Waals surface area contributed by atoms with E-state index in [9.17, 15) is 9.59 Å². The summed E-state index contributed by atoms with van der Waals surface area (Å²) in [6.45, 7) is 0.212. The van der Waals surface area contributed by atoms with Crippen LogP contribution in [0.2, 0.25) is 0 Å². The lowest BCUT2D eigenvalue weighted by atomic mass is 10.1. The maximum atomic E-state index is 13.3. The van der Waals surface area contributed by atoms with Crippen LogP contribution in [0.25, 0.3) is 21.3 Å². The topological polar surface area (TPSA) is 146 Å². The Labute approximate surface area is 197 Å². The van der Waals surface area contributed by atoms with Gasteiger partial charge in [0.05, 0.1) is 17.4 Å². The van der Waals surface area contributed by atoms with Gasteiger partial charge in [-0.05, 0) is 29.3 Å². The zero-order valence-electron chi connectivity index (χ0n) is 18.3. The van der Waals surface area contributed by atoms with Gasteiger partial charge in [0, 0.05) is 41.9 Å². The molecule has 3 aromatic heterocycles. The minimum Gasteiger partial charge on any atom is -0.398 e. The van der Waals surface area contributed by atoms with E-state index in [0.717, 1.165) is 31.9 Å². The standard InChI is InChI=1S/C24H21N7O2S/c1-30-20-17(11-28-31(24(20)33)12-15-3-2-4-18(26)16(15)10-25)21-23(30)29-19(34-21)9-13-5-7-14(8-6-13)22(27)32/h2-8,10-11,25H,9,12,26H2,1H3,(H2,27,32). The van der Waals surface area contributed by atoms with Gasteiger partial charge in [-0.3, -0.25) is 9.59 Å². The highest BCUT2D eigenvalue weighted by molar-refractivity contribution is 7.19. The van der Waals surface area contributed by atoms with E-state index in [4.69, 9.17) is 21.9 Å². The predicted molar refractivity (Wildman–Crippen MR) is 134 cm³/mol. The number of anilines is 1. The average Bonchev–Trinajstić information content (AvgIpc) is 3.34. The number of fused-ring (bicyclic) bond motifs is 3. The molecule has 9 nitrogen and oxygen atoms in total. The third kappa shape index (κ3) is 3.54. The Bertz CT molecular complexity index is 1640. The molecule has 0 bridgehead atoms. The molecule has 0 saturated carbocycles. The second-order valence-corrected chi connectivity index (χ2v) is 9.07. The summed E-state index contributed by atoms with van der Waals surface area (Å²) in [7, 11) is 1.82. The number of nitrogens with one attached hydrogen (secondary N) is 1. The van der Waals surface area contributed by atoms with E-state index in [1.807, 2.05) is 25.2 Å². The molecular formula is C24H21N7O2S. The van der Waals surface area contributed by atoms with Crippen molar-refractivity contribution in [3.05, 3.63) is 86.3 Å². The third-order valence-electron chi connectivity index (χ3n) is 5.86. The van der Waals surface area contributed by atoms with Crippen molar-refractivity contribution in [2.45, 2.75) is 13.0 Å². The zero-order chi connectivity index (χ0) is 24.0. The summed E-state index contributed by atoms with van der Waals surface area (Å²) in [5, 5.41) is 13.7. The summed E-state index contributed by atoms with van der Waals surface area (Å²) in [5.41, 5.74) is 15.6. The van der Waals surface area contributed by atoms with E-state index in [1.165, 1.54) is 22.2 Å². The van der Waals surface area contributed by atoms with Gasteiger partial charge >= 0.3 is 0 Å². The van der Waals surface area contributed by atoms with Crippen LogP contribution in [0.1, 0.15) is 32.1 Å². The number of thiazole rings is 1. The van der Waals surface area contributed by atoms with E-state index in [-0.39, 0.29) is 12.1 Å². The number of hydrogen-bond acceptors (Lipinski definition) is 7. The molecule has 34 heavy (non-hydrogen) atoms. The molecule has 0 aliphatic heterocycles. The molecule has 0 aliphatic rings. The lowest BCUT2D eigenvalue weighted by molar-refractivity contribution is 0.100. The van der Waals surface area contributed by atoms with Gasteiger partial charge < -0.3 is 21.4 Å². The van der Waals surface area contributed by atoms with E-state index >= 15 is 0 Å². The molecule has 0 aliphatic carbocycles. The van der Waals surface area contributed by atoms with E-state index in [1.54, 1.807) is 35.0 Å². The van der Waals surface area contributed by atoms with Gasteiger partial charge in [-0.15, -0.1) is 11.3 Å². The van der Waals surface area contributed by atoms with Gasteiger partial charge in [-0.2, -0.15) is 5.10 Å². The third-order valence-corrected chi connectivity index (χ3v) is 6.94. The first-order chi connectivity index (χ1) is 16.4. The van der Waals surface area contributed by atoms with Crippen molar-refractivity contribution in [3.8, 4) is 0 Å². The first-order valence-corrected chi connectivity index (χ1v) is 11.3. The van der Waals surface area contributed by atoms with Gasteiger partial charge in [0.15, 0.2) is 5.65 Å². The maximum Gasteiger partial charge on any atom is 0.291 e. The number of nitrogen functional groups attached to an aromatic ring is 1. The number of aryl methyl sites for hydroxylation is 1. The Morgan fingerprint density at radius 3 is 2.68 bits per heavy atom. The highest BCUT2D eigenvalue weighted by Gasteiger charge is 2.19. The smallest absolute Gasteiger partial charge is 0.291 e. The van der Waals surface area contributed by atoms with Crippen LogP contribution < -0.4 is 17.0 Å². The molecule has 5 aromatic rings. The molecule has 1 amide bonds. The second-order valence-electron chi connectivity index (χ2n) is 7.99. The molecule has 0 atom stereocenters. The molecule has 5 rings (SSSR count). The number of aromatic nitrogens is 4. The molecular weight excluding hydrogens is 450 g/mol. The highest BCUT2D eigenvalue weighted by atomic mass is 32.1. The normalized spacial score (nSPS) is 11.3. The Balaban J connectivity index is 1.52. The van der Waals surface area contributed by atoms with Crippen LogP contribution >= 0.6 is 11.3 Å². The molecule has 0 radical (unpaired) electrons. The van der Waals surface area contributed by atoms with Crippen molar-refractivity contribution in [1.29, 1.82) is 5.41 Å². The Kier molecular flexibility index (Phi) is 5.21. The van der Waals surface area contributed by atoms with Crippen LogP contribution in [-0.2, 0) is 20.0 Å². The Morgan fingerprint density at radius 2 is 1.97 bits per heavy atom. The van der Waals surface area contributed by atoms with Crippen LogP contribution in [-0.4, -0.2) is 31.5 Å². The van der Waals surface area contributed by atoms with E-state index in [2.05, 4.69) is 5.10 Å². The number of benzene rings is 2. The SMILES string of the molecule is Cn1c2nc(Cc3ccc(C(N)=O)cc3)sc2c2cnn(Cc3cccc(N)c3C=N)c(=O)c21. The zero-order valence-corrected chi connectivity index (χ0v) is 19.1. The molecule has 0 unspecified atom stereocenters. The van der Waals surface area contributed by atoms with Gasteiger partial charge in [-0.25, -0.2) is 9.67 Å². The lowest BCUT2D eigenvalue weighted by Crippen LogP contribution is -2.25. The van der Waals surface area contributed by atoms with Gasteiger partial charge in [-0.1, -0.05) is 24.3 Å². The van der Waals surface area contributed by atoms with E-state index in [0.29, 0.717) is 28.8 Å². The predicted octanol–water partition coefficient (Wildman–Crippen LogP) is 2.66. The summed E-state index contributed by atoms with van der Waals surface area (Å²) in [6, 6.07) is 12.5. The summed E-state index contributed by atoms with van der Waals surface area (Å²) in [4.78, 5) is 29.3. The largest absolute Gasteiger partial charge is 0.398 e. The van der Waals surface area contributed by atoms with Crippen molar-refractivity contribution >= 4 is 50.4 Å². The molecule has 2 aromatic carbocycles. The molecule has 10 heteroatoms. The first kappa shape index (κ1) is 21.5. The number of hydrogen-bond donors (Lipinski definition) is 3. The monoisotopic (exact) mass is 471 g/mol. The highest BCUT2D eigenvalue weighted by Crippen LogP contribution is 2.31. The van der Waals surface area contributed by atoms with Crippen LogP contribution in [0.5, 0.6) is 0 Å². The van der Waals surface area contributed by atoms with Crippen molar-refractivity contribution < 1.29 is 4.79 Å². The quantitative estimate of drug-likeness (QED) is 0.257. The minimum absolute atomic E-state index is 0.212. The molecule has 3 heterocycles. The number of rotatable bonds is 6. The van der Waals surface area contributed by atoms with Crippen molar-refractivity contribution in [3.63, 3.8) is 0 Å². The van der Waals surface area contributed by atoms with Gasteiger partial charge in [0.1, 0.15) is 10.5 Å². The van der Waals surface area contributed by atoms with Crippen LogP contribution in [0.4, 0.5) is 5.69 Å². The van der Waals surface area contributed by atoms with Gasteiger partial charge in [0.25, 0.3) is 5.56 Å². The number of nitrogens with zero attached hydrogens (tertiary/aromatic N) is 4. The fraction of sp³-hybridized carbons (Fsp3) is 0.125. The number of carbonyl (C=O) groups excluding carboxylic acids is 1. The van der Waals surface area contributed by atoms with E-state index < -0.39 is 5.91 Å². The fourth-order valence-electron chi connectivity index (χ4n) is 4.09. The Hall–Kier alpha value is -4.31. The van der Waals surface area contributed by atoms with Crippen molar-refractivity contribution in [2.75, 3.05) is 5.73 Å². The number of primary amides is 1. The minimum atomic E-state index is -0.457. The average molecular weight is 472 g/mol. The Morgan fingerprint density at radius 1 is 1.21 bits per heavy atom. The second kappa shape index (κ2) is 8.23. The molecule has 0 spiro atoms.